The lowest BCUT2D eigenvalue weighted by atomic mass is 10.0. The molecule has 11 aromatic rings. The Kier molecular flexibility index (Phi) is 5.38. The maximum atomic E-state index is 2.52. The number of hydrogen-bond acceptors (Lipinski definition) is 0. The Morgan fingerprint density at radius 3 is 1.10 bits per heavy atom. The molecule has 3 aromatic heterocycles. The quantitative estimate of drug-likeness (QED) is 0.186. The standard InChI is InChI=1S/C46H29N3/c1-3-17-32(18-4-1)47-38-24-12-9-21-35(38)41-44-42(36-22-10-13-25-39(36)48(44)33-19-5-2-6-20-33)46-43(45(41)47)37-23-11-14-26-40(37)49(46)34-28-27-30-15-7-8-16-31(30)29-34/h1-29H. The van der Waals surface area contributed by atoms with Crippen LogP contribution in [0.1, 0.15) is 0 Å². The zero-order chi connectivity index (χ0) is 32.1. The van der Waals surface area contributed by atoms with Crippen LogP contribution < -0.4 is 0 Å². The van der Waals surface area contributed by atoms with Gasteiger partial charge in [-0.15, -0.1) is 0 Å². The molecule has 0 unspecified atom stereocenters. The minimum absolute atomic E-state index is 1.15. The summed E-state index contributed by atoms with van der Waals surface area (Å²) in [6, 6.07) is 64.1. The second-order valence-corrected chi connectivity index (χ2v) is 12.9. The normalized spacial score (nSPS) is 12.1. The van der Waals surface area contributed by atoms with Crippen LogP contribution >= 0.6 is 0 Å². The first kappa shape index (κ1) is 26.5. The molecule has 0 radical (unpaired) electrons. The van der Waals surface area contributed by atoms with Crippen LogP contribution in [0.3, 0.4) is 0 Å². The van der Waals surface area contributed by atoms with Crippen molar-refractivity contribution in [2.24, 2.45) is 0 Å². The fourth-order valence-corrected chi connectivity index (χ4v) is 8.42. The molecule has 11 rings (SSSR count). The second-order valence-electron chi connectivity index (χ2n) is 12.9. The lowest BCUT2D eigenvalue weighted by Gasteiger charge is -2.14. The molecular formula is C46H29N3. The second kappa shape index (κ2) is 9.96. The van der Waals surface area contributed by atoms with E-state index in [0.717, 1.165) is 17.1 Å². The molecule has 0 aliphatic heterocycles. The number of benzene rings is 8. The minimum Gasteiger partial charge on any atom is -0.308 e. The predicted molar refractivity (Wildman–Crippen MR) is 207 cm³/mol. The van der Waals surface area contributed by atoms with Gasteiger partial charge in [-0.2, -0.15) is 0 Å². The summed E-state index contributed by atoms with van der Waals surface area (Å²) < 4.78 is 7.51. The monoisotopic (exact) mass is 623 g/mol. The van der Waals surface area contributed by atoms with Gasteiger partial charge in [0.05, 0.1) is 33.1 Å². The number of rotatable bonds is 3. The summed E-state index contributed by atoms with van der Waals surface area (Å²) in [7, 11) is 0. The van der Waals surface area contributed by atoms with E-state index >= 15 is 0 Å². The van der Waals surface area contributed by atoms with Crippen molar-refractivity contribution in [3.63, 3.8) is 0 Å². The van der Waals surface area contributed by atoms with E-state index in [-0.39, 0.29) is 0 Å². The van der Waals surface area contributed by atoms with Crippen LogP contribution in [0.15, 0.2) is 176 Å². The van der Waals surface area contributed by atoms with E-state index in [2.05, 4.69) is 190 Å². The summed E-state index contributed by atoms with van der Waals surface area (Å²) in [5, 5.41) is 10.0. The van der Waals surface area contributed by atoms with E-state index in [1.807, 2.05) is 0 Å². The van der Waals surface area contributed by atoms with Crippen molar-refractivity contribution in [3.05, 3.63) is 176 Å². The smallest absolute Gasteiger partial charge is 0.0663 e. The predicted octanol–water partition coefficient (Wildman–Crippen LogP) is 12.1. The van der Waals surface area contributed by atoms with Crippen molar-refractivity contribution >= 4 is 76.2 Å². The van der Waals surface area contributed by atoms with Crippen LogP contribution in [0, 0.1) is 0 Å². The van der Waals surface area contributed by atoms with Gasteiger partial charge < -0.3 is 13.7 Å². The number of aromatic nitrogens is 3. The first-order valence-corrected chi connectivity index (χ1v) is 16.9. The van der Waals surface area contributed by atoms with Crippen molar-refractivity contribution in [1.29, 1.82) is 0 Å². The van der Waals surface area contributed by atoms with Crippen LogP contribution in [0.5, 0.6) is 0 Å². The molecule has 0 saturated carbocycles. The van der Waals surface area contributed by atoms with E-state index in [0.29, 0.717) is 0 Å². The minimum atomic E-state index is 1.15. The molecule has 49 heavy (non-hydrogen) atoms. The lowest BCUT2D eigenvalue weighted by molar-refractivity contribution is 1.17. The van der Waals surface area contributed by atoms with E-state index in [4.69, 9.17) is 0 Å². The van der Waals surface area contributed by atoms with Gasteiger partial charge >= 0.3 is 0 Å². The number of nitrogens with zero attached hydrogens (tertiary/aromatic N) is 3. The van der Waals surface area contributed by atoms with E-state index in [1.54, 1.807) is 0 Å². The Morgan fingerprint density at radius 2 is 0.633 bits per heavy atom. The van der Waals surface area contributed by atoms with Gasteiger partial charge in [0.1, 0.15) is 0 Å². The molecule has 3 heteroatoms. The molecule has 228 valence electrons. The SMILES string of the molecule is c1ccc(-n2c3ccccc3c3c2c2c4ccccc4n(-c4ccc5ccccc5c4)c2c2c4ccccc4n(-c4ccccc4)c32)cc1. The zero-order valence-electron chi connectivity index (χ0n) is 26.6. The van der Waals surface area contributed by atoms with Gasteiger partial charge in [0.25, 0.3) is 0 Å². The molecule has 0 amide bonds. The topological polar surface area (TPSA) is 14.8 Å². The molecule has 0 fully saturated rings. The highest BCUT2D eigenvalue weighted by Gasteiger charge is 2.28. The molecule has 0 saturated heterocycles. The summed E-state index contributed by atoms with van der Waals surface area (Å²) in [5.41, 5.74) is 10.7. The maximum Gasteiger partial charge on any atom is 0.0663 e. The van der Waals surface area contributed by atoms with Crippen LogP contribution in [-0.2, 0) is 0 Å². The molecular weight excluding hydrogens is 595 g/mol. The zero-order valence-corrected chi connectivity index (χ0v) is 26.6. The van der Waals surface area contributed by atoms with Crippen molar-refractivity contribution in [3.8, 4) is 17.1 Å². The van der Waals surface area contributed by atoms with Crippen molar-refractivity contribution in [1.82, 2.24) is 13.7 Å². The third-order valence-electron chi connectivity index (χ3n) is 10.4. The Bertz CT molecular complexity index is 3020. The van der Waals surface area contributed by atoms with Crippen molar-refractivity contribution in [2.45, 2.75) is 0 Å². The third kappa shape index (κ3) is 3.56. The van der Waals surface area contributed by atoms with E-state index in [9.17, 15) is 0 Å². The van der Waals surface area contributed by atoms with Gasteiger partial charge in [-0.3, -0.25) is 0 Å². The summed E-state index contributed by atoms with van der Waals surface area (Å²) in [6.45, 7) is 0. The van der Waals surface area contributed by atoms with Crippen LogP contribution in [-0.4, -0.2) is 13.7 Å². The molecule has 0 aliphatic rings. The van der Waals surface area contributed by atoms with E-state index in [1.165, 1.54) is 76.2 Å². The highest BCUT2D eigenvalue weighted by molar-refractivity contribution is 6.40. The molecule has 0 atom stereocenters. The van der Waals surface area contributed by atoms with Gasteiger partial charge in [-0.1, -0.05) is 121 Å². The molecule has 3 heterocycles. The number of fused-ring (bicyclic) bond motifs is 13. The summed E-state index contributed by atoms with van der Waals surface area (Å²) in [4.78, 5) is 0. The highest BCUT2D eigenvalue weighted by atomic mass is 15.0. The van der Waals surface area contributed by atoms with Crippen LogP contribution in [0.4, 0.5) is 0 Å². The average molecular weight is 624 g/mol. The van der Waals surface area contributed by atoms with Crippen LogP contribution in [0.2, 0.25) is 0 Å². The number of para-hydroxylation sites is 5. The number of hydrogen-bond donors (Lipinski definition) is 0. The van der Waals surface area contributed by atoms with Gasteiger partial charge in [0.15, 0.2) is 0 Å². The molecule has 3 nitrogen and oxygen atoms in total. The first-order chi connectivity index (χ1) is 24.4. The van der Waals surface area contributed by atoms with Gasteiger partial charge in [0.2, 0.25) is 0 Å². The maximum absolute atomic E-state index is 2.52. The molecule has 0 N–H and O–H groups in total. The highest BCUT2D eigenvalue weighted by Crippen LogP contribution is 2.50. The Hall–Kier alpha value is -6.58. The van der Waals surface area contributed by atoms with Gasteiger partial charge in [0, 0.05) is 49.4 Å². The van der Waals surface area contributed by atoms with Crippen molar-refractivity contribution in [2.75, 3.05) is 0 Å². The summed E-state index contributed by atoms with van der Waals surface area (Å²) in [6.07, 6.45) is 0. The van der Waals surface area contributed by atoms with E-state index < -0.39 is 0 Å². The Labute approximate surface area is 282 Å². The fourth-order valence-electron chi connectivity index (χ4n) is 8.42. The van der Waals surface area contributed by atoms with Crippen molar-refractivity contribution < 1.29 is 0 Å². The molecule has 0 spiro atoms. The fraction of sp³-hybridized carbons (Fsp3) is 0. The lowest BCUT2D eigenvalue weighted by Crippen LogP contribution is -1.98. The molecule has 0 bridgehead atoms. The van der Waals surface area contributed by atoms with Gasteiger partial charge in [-0.25, -0.2) is 0 Å². The summed E-state index contributed by atoms with van der Waals surface area (Å²) >= 11 is 0. The third-order valence-corrected chi connectivity index (χ3v) is 10.4. The van der Waals surface area contributed by atoms with Crippen LogP contribution in [0.25, 0.3) is 93.3 Å². The average Bonchev–Trinajstić information content (AvgIpc) is 3.81. The van der Waals surface area contributed by atoms with Gasteiger partial charge in [-0.05, 0) is 65.4 Å². The molecule has 0 aliphatic carbocycles. The molecule has 8 aromatic carbocycles. The largest absolute Gasteiger partial charge is 0.308 e. The Morgan fingerprint density at radius 1 is 0.265 bits per heavy atom. The summed E-state index contributed by atoms with van der Waals surface area (Å²) in [5.74, 6) is 0. The first-order valence-electron chi connectivity index (χ1n) is 16.9. The Balaban J connectivity index is 1.51.